The van der Waals surface area contributed by atoms with Gasteiger partial charge in [-0.25, -0.2) is 4.39 Å². The van der Waals surface area contributed by atoms with Gasteiger partial charge in [0.2, 0.25) is 5.88 Å². The van der Waals surface area contributed by atoms with E-state index in [4.69, 9.17) is 9.47 Å². The van der Waals surface area contributed by atoms with Gasteiger partial charge in [-0.15, -0.1) is 5.10 Å². The van der Waals surface area contributed by atoms with Crippen LogP contribution in [0.15, 0.2) is 42.6 Å². The van der Waals surface area contributed by atoms with Gasteiger partial charge in [0.25, 0.3) is 5.91 Å². The fourth-order valence-electron chi connectivity index (χ4n) is 2.54. The minimum Gasteiger partial charge on any atom is -0.481 e. The van der Waals surface area contributed by atoms with Gasteiger partial charge in [-0.05, 0) is 18.2 Å². The molecule has 24 heavy (non-hydrogen) atoms. The van der Waals surface area contributed by atoms with E-state index in [0.717, 1.165) is 0 Å². The van der Waals surface area contributed by atoms with Crippen LogP contribution in [-0.4, -0.2) is 46.8 Å². The lowest BCUT2D eigenvalue weighted by atomic mass is 10.1. The molecule has 1 saturated heterocycles. The molecule has 0 N–H and O–H groups in total. The van der Waals surface area contributed by atoms with E-state index in [2.05, 4.69) is 10.2 Å². The summed E-state index contributed by atoms with van der Waals surface area (Å²) in [6.07, 6.45) is 3.02. The molecule has 7 heteroatoms. The Kier molecular flexibility index (Phi) is 5.20. The summed E-state index contributed by atoms with van der Waals surface area (Å²) in [6, 6.07) is 9.57. The molecule has 1 fully saturated rings. The monoisotopic (exact) mass is 331 g/mol. The maximum Gasteiger partial charge on any atom is 0.260 e. The van der Waals surface area contributed by atoms with Crippen molar-refractivity contribution < 1.29 is 18.7 Å². The lowest BCUT2D eigenvalue weighted by Crippen LogP contribution is -2.43. The second kappa shape index (κ2) is 7.72. The standard InChI is InChI=1S/C17H18FN3O3/c18-14-4-1-2-5-15(14)23-12-17(22)21-10-7-13(8-11-21)24-16-6-3-9-19-20-16/h1-6,9,13H,7-8,10-12H2. The van der Waals surface area contributed by atoms with Gasteiger partial charge < -0.3 is 14.4 Å². The number of hydrogen-bond acceptors (Lipinski definition) is 5. The van der Waals surface area contributed by atoms with Crippen molar-refractivity contribution in [2.45, 2.75) is 18.9 Å². The summed E-state index contributed by atoms with van der Waals surface area (Å²) in [6.45, 7) is 0.978. The highest BCUT2D eigenvalue weighted by atomic mass is 19.1. The summed E-state index contributed by atoms with van der Waals surface area (Å²) >= 11 is 0. The molecule has 2 heterocycles. The second-order valence-electron chi connectivity index (χ2n) is 5.48. The first-order chi connectivity index (χ1) is 11.7. The minimum absolute atomic E-state index is 0.0123. The molecule has 1 aromatic carbocycles. The van der Waals surface area contributed by atoms with E-state index < -0.39 is 5.82 Å². The predicted octanol–water partition coefficient (Wildman–Crippen LogP) is 2.06. The van der Waals surface area contributed by atoms with Gasteiger partial charge in [0, 0.05) is 38.2 Å². The second-order valence-corrected chi connectivity index (χ2v) is 5.48. The van der Waals surface area contributed by atoms with Crippen LogP contribution < -0.4 is 9.47 Å². The Bertz CT molecular complexity index is 676. The number of para-hydroxylation sites is 1. The number of ether oxygens (including phenoxy) is 2. The summed E-state index contributed by atoms with van der Waals surface area (Å²) < 4.78 is 24.5. The van der Waals surface area contributed by atoms with Gasteiger partial charge >= 0.3 is 0 Å². The van der Waals surface area contributed by atoms with E-state index in [9.17, 15) is 9.18 Å². The third kappa shape index (κ3) is 4.18. The number of carbonyl (C=O) groups excluding carboxylic acids is 1. The molecule has 3 rings (SSSR count). The fourth-order valence-corrected chi connectivity index (χ4v) is 2.54. The highest BCUT2D eigenvalue weighted by Gasteiger charge is 2.24. The van der Waals surface area contributed by atoms with Crippen molar-refractivity contribution in [1.82, 2.24) is 15.1 Å². The van der Waals surface area contributed by atoms with Crippen LogP contribution in [0.4, 0.5) is 4.39 Å². The maximum absolute atomic E-state index is 13.5. The zero-order valence-corrected chi connectivity index (χ0v) is 13.1. The average molecular weight is 331 g/mol. The molecular weight excluding hydrogens is 313 g/mol. The van der Waals surface area contributed by atoms with Crippen LogP contribution in [0.3, 0.4) is 0 Å². The van der Waals surface area contributed by atoms with Crippen molar-refractivity contribution >= 4 is 5.91 Å². The smallest absolute Gasteiger partial charge is 0.260 e. The zero-order chi connectivity index (χ0) is 16.8. The van der Waals surface area contributed by atoms with Gasteiger partial charge in [-0.2, -0.15) is 5.10 Å². The van der Waals surface area contributed by atoms with Crippen LogP contribution in [0.1, 0.15) is 12.8 Å². The number of likely N-dealkylation sites (tertiary alicyclic amines) is 1. The molecule has 126 valence electrons. The van der Waals surface area contributed by atoms with E-state index in [1.807, 2.05) is 0 Å². The van der Waals surface area contributed by atoms with E-state index in [0.29, 0.717) is 31.8 Å². The topological polar surface area (TPSA) is 64.5 Å². The van der Waals surface area contributed by atoms with Crippen LogP contribution in [0.2, 0.25) is 0 Å². The van der Waals surface area contributed by atoms with Crippen molar-refractivity contribution in [3.8, 4) is 11.6 Å². The highest BCUT2D eigenvalue weighted by molar-refractivity contribution is 5.77. The molecule has 0 atom stereocenters. The SMILES string of the molecule is O=C(COc1ccccc1F)N1CCC(Oc2cccnn2)CC1. The summed E-state index contributed by atoms with van der Waals surface area (Å²) in [4.78, 5) is 13.9. The van der Waals surface area contributed by atoms with Crippen LogP contribution in [0.25, 0.3) is 0 Å². The number of amides is 1. The normalized spacial score (nSPS) is 15.1. The summed E-state index contributed by atoms with van der Waals surface area (Å²) in [5.74, 6) is -0.0468. The largest absolute Gasteiger partial charge is 0.481 e. The Hall–Kier alpha value is -2.70. The van der Waals surface area contributed by atoms with Crippen molar-refractivity contribution in [2.75, 3.05) is 19.7 Å². The third-order valence-corrected chi connectivity index (χ3v) is 3.82. The Balaban J connectivity index is 1.44. The van der Waals surface area contributed by atoms with Crippen LogP contribution >= 0.6 is 0 Å². The maximum atomic E-state index is 13.5. The molecule has 1 aliphatic heterocycles. The van der Waals surface area contributed by atoms with Crippen molar-refractivity contribution in [2.24, 2.45) is 0 Å². The van der Waals surface area contributed by atoms with Gasteiger partial charge in [0.1, 0.15) is 6.10 Å². The van der Waals surface area contributed by atoms with Crippen LogP contribution in [0, 0.1) is 5.82 Å². The number of rotatable bonds is 5. The molecule has 1 amide bonds. The first kappa shape index (κ1) is 16.2. The number of piperidine rings is 1. The molecule has 1 aromatic heterocycles. The minimum atomic E-state index is -0.471. The number of aromatic nitrogens is 2. The molecule has 0 unspecified atom stereocenters. The summed E-state index contributed by atoms with van der Waals surface area (Å²) in [5, 5.41) is 7.66. The highest BCUT2D eigenvalue weighted by Crippen LogP contribution is 2.18. The van der Waals surface area contributed by atoms with E-state index in [-0.39, 0.29) is 24.4 Å². The number of hydrogen-bond donors (Lipinski definition) is 0. The van der Waals surface area contributed by atoms with E-state index in [1.165, 1.54) is 12.1 Å². The molecule has 2 aromatic rings. The molecule has 0 spiro atoms. The molecule has 0 bridgehead atoms. The molecule has 0 radical (unpaired) electrons. The Morgan fingerprint density at radius 2 is 2.00 bits per heavy atom. The van der Waals surface area contributed by atoms with Crippen molar-refractivity contribution in [1.29, 1.82) is 0 Å². The van der Waals surface area contributed by atoms with Gasteiger partial charge in [-0.3, -0.25) is 4.79 Å². The number of benzene rings is 1. The number of halogens is 1. The Morgan fingerprint density at radius 3 is 2.71 bits per heavy atom. The Morgan fingerprint density at radius 1 is 1.21 bits per heavy atom. The average Bonchev–Trinajstić information content (AvgIpc) is 2.62. The lowest BCUT2D eigenvalue weighted by Gasteiger charge is -2.31. The fraction of sp³-hybridized carbons (Fsp3) is 0.353. The number of carbonyl (C=O) groups is 1. The van der Waals surface area contributed by atoms with Crippen molar-refractivity contribution in [3.05, 3.63) is 48.4 Å². The molecule has 0 saturated carbocycles. The molecule has 1 aliphatic rings. The first-order valence-electron chi connectivity index (χ1n) is 7.82. The van der Waals surface area contributed by atoms with Crippen LogP contribution in [0.5, 0.6) is 11.6 Å². The van der Waals surface area contributed by atoms with E-state index >= 15 is 0 Å². The molecule has 6 nitrogen and oxygen atoms in total. The lowest BCUT2D eigenvalue weighted by molar-refractivity contribution is -0.135. The van der Waals surface area contributed by atoms with Gasteiger partial charge in [-0.1, -0.05) is 12.1 Å². The quantitative estimate of drug-likeness (QED) is 0.839. The molecule has 0 aliphatic carbocycles. The summed E-state index contributed by atoms with van der Waals surface area (Å²) in [5.41, 5.74) is 0. The van der Waals surface area contributed by atoms with Crippen LogP contribution in [-0.2, 0) is 4.79 Å². The predicted molar refractivity (Wildman–Crippen MR) is 84.2 cm³/mol. The third-order valence-electron chi connectivity index (χ3n) is 3.82. The summed E-state index contributed by atoms with van der Waals surface area (Å²) in [7, 11) is 0. The number of nitrogens with zero attached hydrogens (tertiary/aromatic N) is 3. The van der Waals surface area contributed by atoms with Gasteiger partial charge in [0.05, 0.1) is 0 Å². The Labute approximate surface area is 139 Å². The zero-order valence-electron chi connectivity index (χ0n) is 13.1. The first-order valence-corrected chi connectivity index (χ1v) is 7.82. The van der Waals surface area contributed by atoms with Gasteiger partial charge in [0.15, 0.2) is 18.2 Å². The van der Waals surface area contributed by atoms with Crippen molar-refractivity contribution in [3.63, 3.8) is 0 Å². The molecular formula is C17H18FN3O3. The van der Waals surface area contributed by atoms with E-state index in [1.54, 1.807) is 35.4 Å².